The van der Waals surface area contributed by atoms with Gasteiger partial charge in [0, 0.05) is 44.1 Å². The van der Waals surface area contributed by atoms with Crippen molar-refractivity contribution >= 4 is 17.5 Å². The van der Waals surface area contributed by atoms with Crippen molar-refractivity contribution in [1.29, 1.82) is 0 Å². The number of ether oxygens (including phenoxy) is 1. The molecule has 6 nitrogen and oxygen atoms in total. The second kappa shape index (κ2) is 8.28. The minimum absolute atomic E-state index is 0.0140. The summed E-state index contributed by atoms with van der Waals surface area (Å²) >= 11 is 5.75. The lowest BCUT2D eigenvalue weighted by atomic mass is 9.86. The number of aromatic nitrogens is 2. The maximum absolute atomic E-state index is 12.9. The van der Waals surface area contributed by atoms with Crippen molar-refractivity contribution in [1.82, 2.24) is 19.8 Å². The number of nitrogens with zero attached hydrogens (tertiary/aromatic N) is 4. The van der Waals surface area contributed by atoms with Crippen LogP contribution in [0.2, 0.25) is 5.28 Å². The van der Waals surface area contributed by atoms with Crippen LogP contribution >= 0.6 is 11.6 Å². The van der Waals surface area contributed by atoms with Crippen LogP contribution in [0, 0.1) is 13.8 Å². The van der Waals surface area contributed by atoms with Crippen LogP contribution in [0.5, 0.6) is 5.75 Å². The van der Waals surface area contributed by atoms with E-state index in [1.807, 2.05) is 4.90 Å². The summed E-state index contributed by atoms with van der Waals surface area (Å²) in [6.45, 7) is 6.65. The molecule has 0 N–H and O–H groups in total. The van der Waals surface area contributed by atoms with Gasteiger partial charge in [-0.25, -0.2) is 9.97 Å². The zero-order valence-electron chi connectivity index (χ0n) is 17.2. The Bertz CT molecular complexity index is 902. The van der Waals surface area contributed by atoms with Gasteiger partial charge in [0.2, 0.25) is 5.28 Å². The van der Waals surface area contributed by atoms with Crippen molar-refractivity contribution in [2.24, 2.45) is 0 Å². The van der Waals surface area contributed by atoms with E-state index in [1.54, 1.807) is 7.11 Å². The number of carbonyl (C=O) groups is 1. The van der Waals surface area contributed by atoms with Crippen LogP contribution in [0.4, 0.5) is 0 Å². The Morgan fingerprint density at radius 3 is 2.62 bits per heavy atom. The number of halogens is 1. The van der Waals surface area contributed by atoms with E-state index in [9.17, 15) is 4.79 Å². The molecule has 0 aliphatic carbocycles. The Balaban J connectivity index is 1.52. The van der Waals surface area contributed by atoms with Gasteiger partial charge in [0.1, 0.15) is 5.75 Å². The van der Waals surface area contributed by atoms with Gasteiger partial charge in [-0.05, 0) is 67.5 Å². The number of methoxy groups -OCH3 is 1. The highest BCUT2D eigenvalue weighted by Crippen LogP contribution is 2.39. The van der Waals surface area contributed by atoms with Gasteiger partial charge in [-0.2, -0.15) is 0 Å². The Morgan fingerprint density at radius 1 is 1.14 bits per heavy atom. The molecule has 0 bridgehead atoms. The summed E-state index contributed by atoms with van der Waals surface area (Å²) in [6.07, 6.45) is 6.46. The fraction of sp³-hybridized carbons (Fsp3) is 0.500. The summed E-state index contributed by atoms with van der Waals surface area (Å²) in [5.41, 5.74) is 4.41. The monoisotopic (exact) mass is 414 g/mol. The molecule has 0 radical (unpaired) electrons. The maximum atomic E-state index is 12.9. The standard InChI is InChI=1S/C22H27ClN4O2/c1-14-15(2)20(29-3)8-7-18(14)19-6-4-5-17-13-26(9-10-27(17)19)21(28)16-11-24-22(23)25-12-16/h7-8,11-12,17,19H,4-6,9-10,13H2,1-3H3. The predicted molar refractivity (Wildman–Crippen MR) is 112 cm³/mol. The summed E-state index contributed by atoms with van der Waals surface area (Å²) in [6, 6.07) is 5.08. The van der Waals surface area contributed by atoms with E-state index in [1.165, 1.54) is 35.5 Å². The van der Waals surface area contributed by atoms with Crippen LogP contribution < -0.4 is 4.74 Å². The number of hydrogen-bond donors (Lipinski definition) is 0. The molecule has 1 amide bonds. The summed E-state index contributed by atoms with van der Waals surface area (Å²) in [7, 11) is 1.72. The van der Waals surface area contributed by atoms with Crippen LogP contribution in [-0.4, -0.2) is 58.5 Å². The molecule has 0 spiro atoms. The smallest absolute Gasteiger partial charge is 0.257 e. The lowest BCUT2D eigenvalue weighted by Crippen LogP contribution is -2.57. The van der Waals surface area contributed by atoms with Gasteiger partial charge < -0.3 is 9.64 Å². The van der Waals surface area contributed by atoms with Crippen molar-refractivity contribution in [3.63, 3.8) is 0 Å². The number of rotatable bonds is 3. The number of amides is 1. The molecule has 2 aromatic rings. The zero-order chi connectivity index (χ0) is 20.5. The number of benzene rings is 1. The molecule has 3 heterocycles. The maximum Gasteiger partial charge on any atom is 0.257 e. The molecule has 2 saturated heterocycles. The molecule has 29 heavy (non-hydrogen) atoms. The molecular weight excluding hydrogens is 388 g/mol. The number of hydrogen-bond acceptors (Lipinski definition) is 5. The quantitative estimate of drug-likeness (QED) is 0.715. The van der Waals surface area contributed by atoms with Crippen LogP contribution in [0.1, 0.15) is 52.4 Å². The van der Waals surface area contributed by atoms with Crippen molar-refractivity contribution in [3.8, 4) is 5.75 Å². The zero-order valence-corrected chi connectivity index (χ0v) is 17.9. The van der Waals surface area contributed by atoms with Gasteiger partial charge in [-0.3, -0.25) is 9.69 Å². The van der Waals surface area contributed by atoms with Crippen LogP contribution in [0.15, 0.2) is 24.5 Å². The first-order valence-corrected chi connectivity index (χ1v) is 10.5. The average molecular weight is 415 g/mol. The van der Waals surface area contributed by atoms with Crippen molar-refractivity contribution in [2.45, 2.75) is 45.2 Å². The molecule has 2 fully saturated rings. The summed E-state index contributed by atoms with van der Waals surface area (Å²) in [5.74, 6) is 0.930. The SMILES string of the molecule is COc1ccc(C2CCCC3CN(C(=O)c4cnc(Cl)nc4)CCN32)c(C)c1C. The van der Waals surface area contributed by atoms with Crippen molar-refractivity contribution < 1.29 is 9.53 Å². The highest BCUT2D eigenvalue weighted by Gasteiger charge is 2.37. The highest BCUT2D eigenvalue weighted by atomic mass is 35.5. The summed E-state index contributed by atoms with van der Waals surface area (Å²) < 4.78 is 5.49. The fourth-order valence-electron chi connectivity index (χ4n) is 4.77. The first-order valence-electron chi connectivity index (χ1n) is 10.2. The third-order valence-corrected chi connectivity index (χ3v) is 6.65. The van der Waals surface area contributed by atoms with Gasteiger partial charge in [-0.15, -0.1) is 0 Å². The van der Waals surface area contributed by atoms with E-state index in [0.717, 1.165) is 31.7 Å². The minimum Gasteiger partial charge on any atom is -0.496 e. The molecule has 2 aliphatic rings. The molecular formula is C22H27ClN4O2. The Hall–Kier alpha value is -2.18. The first kappa shape index (κ1) is 20.1. The van der Waals surface area contributed by atoms with Crippen molar-refractivity contribution in [2.75, 3.05) is 26.7 Å². The molecule has 2 atom stereocenters. The highest BCUT2D eigenvalue weighted by molar-refractivity contribution is 6.28. The first-order chi connectivity index (χ1) is 14.0. The number of fused-ring (bicyclic) bond motifs is 1. The average Bonchev–Trinajstić information content (AvgIpc) is 2.75. The van der Waals surface area contributed by atoms with E-state index in [2.05, 4.69) is 40.8 Å². The van der Waals surface area contributed by atoms with E-state index >= 15 is 0 Å². The lowest BCUT2D eigenvalue weighted by Gasteiger charge is -2.48. The molecule has 2 unspecified atom stereocenters. The van der Waals surface area contributed by atoms with E-state index < -0.39 is 0 Å². The molecule has 7 heteroatoms. The molecule has 1 aromatic heterocycles. The second-order valence-electron chi connectivity index (χ2n) is 7.94. The molecule has 0 saturated carbocycles. The number of piperazine rings is 1. The van der Waals surface area contributed by atoms with E-state index in [0.29, 0.717) is 24.2 Å². The van der Waals surface area contributed by atoms with Gasteiger partial charge in [0.15, 0.2) is 0 Å². The number of carbonyl (C=O) groups excluding carboxylic acids is 1. The van der Waals surface area contributed by atoms with Gasteiger partial charge >= 0.3 is 0 Å². The second-order valence-corrected chi connectivity index (χ2v) is 8.28. The molecule has 154 valence electrons. The summed E-state index contributed by atoms with van der Waals surface area (Å²) in [5, 5.41) is 0.159. The largest absolute Gasteiger partial charge is 0.496 e. The molecule has 4 rings (SSSR count). The Kier molecular flexibility index (Phi) is 5.74. The van der Waals surface area contributed by atoms with E-state index in [-0.39, 0.29) is 11.2 Å². The van der Waals surface area contributed by atoms with Crippen LogP contribution in [0.3, 0.4) is 0 Å². The Morgan fingerprint density at radius 2 is 1.90 bits per heavy atom. The normalized spacial score (nSPS) is 22.3. The van der Waals surface area contributed by atoms with Crippen molar-refractivity contribution in [3.05, 3.63) is 52.1 Å². The lowest BCUT2D eigenvalue weighted by molar-refractivity contribution is 0.0101. The predicted octanol–water partition coefficient (Wildman–Crippen LogP) is 3.81. The third-order valence-electron chi connectivity index (χ3n) is 6.46. The Labute approximate surface area is 176 Å². The number of piperidine rings is 1. The molecule has 2 aliphatic heterocycles. The molecule has 1 aromatic carbocycles. The summed E-state index contributed by atoms with van der Waals surface area (Å²) in [4.78, 5) is 25.3. The van der Waals surface area contributed by atoms with Gasteiger partial charge in [-0.1, -0.05) is 6.07 Å². The van der Waals surface area contributed by atoms with E-state index in [4.69, 9.17) is 16.3 Å². The van der Waals surface area contributed by atoms with Gasteiger partial charge in [0.05, 0.1) is 12.7 Å². The third kappa shape index (κ3) is 3.83. The minimum atomic E-state index is -0.0140. The van der Waals surface area contributed by atoms with Crippen LogP contribution in [0.25, 0.3) is 0 Å². The fourth-order valence-corrected chi connectivity index (χ4v) is 4.87. The topological polar surface area (TPSA) is 58.6 Å². The van der Waals surface area contributed by atoms with Crippen LogP contribution in [-0.2, 0) is 0 Å². The van der Waals surface area contributed by atoms with Gasteiger partial charge in [0.25, 0.3) is 5.91 Å².